The SMILES string of the molecule is Cc1ccc2c(c1)N(CC(=O)NCCC(C)C)CC(=O)O2. The number of esters is 1. The van der Waals surface area contributed by atoms with Crippen molar-refractivity contribution >= 4 is 17.6 Å². The molecule has 2 rings (SSSR count). The van der Waals surface area contributed by atoms with E-state index in [1.807, 2.05) is 19.1 Å². The number of benzene rings is 1. The van der Waals surface area contributed by atoms with Crippen molar-refractivity contribution < 1.29 is 14.3 Å². The Morgan fingerprint density at radius 1 is 1.43 bits per heavy atom. The molecule has 0 spiro atoms. The largest absolute Gasteiger partial charge is 0.423 e. The highest BCUT2D eigenvalue weighted by Gasteiger charge is 2.25. The molecule has 0 saturated carbocycles. The fraction of sp³-hybridized carbons (Fsp3) is 0.500. The Morgan fingerprint density at radius 3 is 2.90 bits per heavy atom. The van der Waals surface area contributed by atoms with E-state index in [0.29, 0.717) is 18.2 Å². The molecule has 5 heteroatoms. The van der Waals surface area contributed by atoms with Crippen molar-refractivity contribution in [3.05, 3.63) is 23.8 Å². The molecule has 0 bridgehead atoms. The highest BCUT2D eigenvalue weighted by Crippen LogP contribution is 2.32. The number of carbonyl (C=O) groups is 2. The molecule has 114 valence electrons. The van der Waals surface area contributed by atoms with Gasteiger partial charge in [0.15, 0.2) is 5.75 Å². The third kappa shape index (κ3) is 4.21. The van der Waals surface area contributed by atoms with Gasteiger partial charge >= 0.3 is 5.97 Å². The van der Waals surface area contributed by atoms with Crippen molar-refractivity contribution in [2.45, 2.75) is 27.2 Å². The maximum atomic E-state index is 12.0. The quantitative estimate of drug-likeness (QED) is 0.664. The van der Waals surface area contributed by atoms with Crippen LogP contribution in [0.1, 0.15) is 25.8 Å². The number of carbonyl (C=O) groups excluding carboxylic acids is 2. The number of ether oxygens (including phenoxy) is 1. The molecular formula is C16H22N2O3. The number of aryl methyl sites for hydroxylation is 1. The molecule has 0 saturated heterocycles. The predicted molar refractivity (Wildman–Crippen MR) is 81.5 cm³/mol. The number of anilines is 1. The van der Waals surface area contributed by atoms with E-state index >= 15 is 0 Å². The number of nitrogens with one attached hydrogen (secondary N) is 1. The van der Waals surface area contributed by atoms with Gasteiger partial charge in [-0.15, -0.1) is 0 Å². The third-order valence-corrected chi connectivity index (χ3v) is 3.38. The summed E-state index contributed by atoms with van der Waals surface area (Å²) >= 11 is 0. The van der Waals surface area contributed by atoms with Gasteiger partial charge in [-0.05, 0) is 37.0 Å². The van der Waals surface area contributed by atoms with E-state index in [4.69, 9.17) is 4.74 Å². The summed E-state index contributed by atoms with van der Waals surface area (Å²) < 4.78 is 5.20. The molecule has 1 aliphatic heterocycles. The number of amides is 1. The number of hydrogen-bond donors (Lipinski definition) is 1. The second-order valence-electron chi connectivity index (χ2n) is 5.83. The van der Waals surface area contributed by atoms with Crippen molar-refractivity contribution in [1.82, 2.24) is 5.32 Å². The first-order valence-electron chi connectivity index (χ1n) is 7.28. The molecule has 1 amide bonds. The van der Waals surface area contributed by atoms with Gasteiger partial charge in [-0.2, -0.15) is 0 Å². The van der Waals surface area contributed by atoms with Crippen molar-refractivity contribution in [3.63, 3.8) is 0 Å². The zero-order valence-electron chi connectivity index (χ0n) is 12.8. The van der Waals surface area contributed by atoms with E-state index in [9.17, 15) is 9.59 Å². The number of rotatable bonds is 5. The van der Waals surface area contributed by atoms with Gasteiger partial charge in [0, 0.05) is 6.54 Å². The molecule has 0 atom stereocenters. The lowest BCUT2D eigenvalue weighted by atomic mass is 10.1. The normalized spacial score (nSPS) is 13.9. The minimum absolute atomic E-state index is 0.0715. The first-order valence-corrected chi connectivity index (χ1v) is 7.28. The first-order chi connectivity index (χ1) is 9.95. The van der Waals surface area contributed by atoms with E-state index < -0.39 is 0 Å². The van der Waals surface area contributed by atoms with Crippen molar-refractivity contribution in [2.24, 2.45) is 5.92 Å². The van der Waals surface area contributed by atoms with Gasteiger partial charge in [0.05, 0.1) is 12.2 Å². The van der Waals surface area contributed by atoms with E-state index in [-0.39, 0.29) is 25.0 Å². The summed E-state index contributed by atoms with van der Waals surface area (Å²) in [4.78, 5) is 25.4. The Morgan fingerprint density at radius 2 is 2.19 bits per heavy atom. The van der Waals surface area contributed by atoms with Gasteiger partial charge < -0.3 is 15.0 Å². The molecule has 5 nitrogen and oxygen atoms in total. The Bertz CT molecular complexity index is 540. The average Bonchev–Trinajstić information content (AvgIpc) is 2.39. The summed E-state index contributed by atoms with van der Waals surface area (Å²) in [7, 11) is 0. The second kappa shape index (κ2) is 6.61. The van der Waals surface area contributed by atoms with Crippen LogP contribution in [0.15, 0.2) is 18.2 Å². The van der Waals surface area contributed by atoms with Crippen LogP contribution in [0.3, 0.4) is 0 Å². The van der Waals surface area contributed by atoms with Gasteiger partial charge in [0.1, 0.15) is 6.54 Å². The molecular weight excluding hydrogens is 268 g/mol. The highest BCUT2D eigenvalue weighted by atomic mass is 16.5. The minimum Gasteiger partial charge on any atom is -0.423 e. The molecule has 1 N–H and O–H groups in total. The zero-order chi connectivity index (χ0) is 15.4. The van der Waals surface area contributed by atoms with Crippen LogP contribution in [-0.4, -0.2) is 31.5 Å². The number of hydrogen-bond acceptors (Lipinski definition) is 4. The Labute approximate surface area is 125 Å². The molecule has 1 aromatic carbocycles. The van der Waals surface area contributed by atoms with Gasteiger partial charge in [-0.3, -0.25) is 4.79 Å². The van der Waals surface area contributed by atoms with Crippen molar-refractivity contribution in [2.75, 3.05) is 24.5 Å². The smallest absolute Gasteiger partial charge is 0.331 e. The lowest BCUT2D eigenvalue weighted by Gasteiger charge is -2.29. The number of fused-ring (bicyclic) bond motifs is 1. The molecule has 1 heterocycles. The van der Waals surface area contributed by atoms with Crippen molar-refractivity contribution in [3.8, 4) is 5.75 Å². The van der Waals surface area contributed by atoms with Crippen LogP contribution in [0.4, 0.5) is 5.69 Å². The van der Waals surface area contributed by atoms with Crippen LogP contribution in [0, 0.1) is 12.8 Å². The zero-order valence-corrected chi connectivity index (χ0v) is 12.8. The summed E-state index contributed by atoms with van der Waals surface area (Å²) in [5.74, 6) is 0.671. The molecule has 1 aliphatic rings. The average molecular weight is 290 g/mol. The third-order valence-electron chi connectivity index (χ3n) is 3.38. The van der Waals surface area contributed by atoms with Gasteiger partial charge in [0.25, 0.3) is 0 Å². The van der Waals surface area contributed by atoms with Gasteiger partial charge in [-0.1, -0.05) is 19.9 Å². The molecule has 21 heavy (non-hydrogen) atoms. The molecule has 0 aromatic heterocycles. The van der Waals surface area contributed by atoms with Crippen LogP contribution < -0.4 is 15.0 Å². The van der Waals surface area contributed by atoms with Crippen molar-refractivity contribution in [1.29, 1.82) is 0 Å². The fourth-order valence-corrected chi connectivity index (χ4v) is 2.23. The fourth-order valence-electron chi connectivity index (χ4n) is 2.23. The predicted octanol–water partition coefficient (Wildman–Crippen LogP) is 1.88. The molecule has 0 aliphatic carbocycles. The lowest BCUT2D eigenvalue weighted by Crippen LogP contribution is -2.43. The van der Waals surface area contributed by atoms with Crippen LogP contribution in [-0.2, 0) is 9.59 Å². The summed E-state index contributed by atoms with van der Waals surface area (Å²) in [5, 5.41) is 2.89. The van der Waals surface area contributed by atoms with E-state index in [0.717, 1.165) is 17.7 Å². The number of nitrogens with zero attached hydrogens (tertiary/aromatic N) is 1. The summed E-state index contributed by atoms with van der Waals surface area (Å²) in [5.41, 5.74) is 1.87. The second-order valence-corrected chi connectivity index (χ2v) is 5.83. The monoisotopic (exact) mass is 290 g/mol. The maximum Gasteiger partial charge on any atom is 0.331 e. The Balaban J connectivity index is 2.02. The standard InChI is InChI=1S/C16H22N2O3/c1-11(2)6-7-17-15(19)9-18-10-16(20)21-14-5-4-12(3)8-13(14)18/h4-5,8,11H,6-7,9-10H2,1-3H3,(H,17,19). The Kier molecular flexibility index (Phi) is 4.83. The van der Waals surface area contributed by atoms with E-state index in [2.05, 4.69) is 19.2 Å². The van der Waals surface area contributed by atoms with E-state index in [1.54, 1.807) is 11.0 Å². The van der Waals surface area contributed by atoms with E-state index in [1.165, 1.54) is 0 Å². The van der Waals surface area contributed by atoms with Gasteiger partial charge in [0.2, 0.25) is 5.91 Å². The molecule has 1 aromatic rings. The maximum absolute atomic E-state index is 12.0. The summed E-state index contributed by atoms with van der Waals surface area (Å²) in [6, 6.07) is 5.59. The van der Waals surface area contributed by atoms with Gasteiger partial charge in [-0.25, -0.2) is 4.79 Å². The molecule has 0 fully saturated rings. The lowest BCUT2D eigenvalue weighted by molar-refractivity contribution is -0.133. The van der Waals surface area contributed by atoms with Crippen LogP contribution in [0.5, 0.6) is 5.75 Å². The summed E-state index contributed by atoms with van der Waals surface area (Å²) in [6.45, 7) is 7.14. The summed E-state index contributed by atoms with van der Waals surface area (Å²) in [6.07, 6.45) is 0.948. The molecule has 0 unspecified atom stereocenters. The first kappa shape index (κ1) is 15.4. The van der Waals surface area contributed by atoms with Crippen LogP contribution >= 0.6 is 0 Å². The van der Waals surface area contributed by atoms with Crippen LogP contribution in [0.25, 0.3) is 0 Å². The highest BCUT2D eigenvalue weighted by molar-refractivity contribution is 5.89. The minimum atomic E-state index is -0.332. The topological polar surface area (TPSA) is 58.6 Å². The molecule has 0 radical (unpaired) electrons. The Hall–Kier alpha value is -2.04. The van der Waals surface area contributed by atoms with Crippen LogP contribution in [0.2, 0.25) is 0 Å².